The highest BCUT2D eigenvalue weighted by Gasteiger charge is 2.24. The number of guanidine groups is 1. The van der Waals surface area contributed by atoms with Gasteiger partial charge in [-0.3, -0.25) is 14.7 Å². The Morgan fingerprint density at radius 3 is 2.61 bits per heavy atom. The van der Waals surface area contributed by atoms with Crippen LogP contribution in [0.1, 0.15) is 18.9 Å². The first-order valence-corrected chi connectivity index (χ1v) is 11.9. The van der Waals surface area contributed by atoms with Gasteiger partial charge >= 0.3 is 0 Å². The minimum atomic E-state index is 0. The molecule has 2 N–H and O–H groups in total. The Balaban J connectivity index is 0.00000306. The van der Waals surface area contributed by atoms with Crippen molar-refractivity contribution in [2.24, 2.45) is 4.99 Å². The van der Waals surface area contributed by atoms with E-state index in [1.54, 1.807) is 0 Å². The van der Waals surface area contributed by atoms with Gasteiger partial charge in [-0.1, -0.05) is 18.2 Å². The number of para-hydroxylation sites is 1. The second-order valence-corrected chi connectivity index (χ2v) is 8.46. The third-order valence-corrected chi connectivity index (χ3v) is 6.27. The molecule has 2 fully saturated rings. The minimum Gasteiger partial charge on any atom is -0.378 e. The van der Waals surface area contributed by atoms with E-state index in [2.05, 4.69) is 57.5 Å². The number of piperazine rings is 1. The van der Waals surface area contributed by atoms with E-state index in [9.17, 15) is 4.79 Å². The first-order chi connectivity index (χ1) is 15.7. The molecule has 33 heavy (non-hydrogen) atoms. The van der Waals surface area contributed by atoms with Gasteiger partial charge in [-0.15, -0.1) is 24.0 Å². The van der Waals surface area contributed by atoms with Crippen LogP contribution in [0.15, 0.2) is 35.5 Å². The zero-order chi connectivity index (χ0) is 22.2. The van der Waals surface area contributed by atoms with Gasteiger partial charge in [0.25, 0.3) is 0 Å². The van der Waals surface area contributed by atoms with Gasteiger partial charge in [-0.2, -0.15) is 0 Å². The van der Waals surface area contributed by atoms with Gasteiger partial charge in [-0.25, -0.2) is 0 Å². The molecule has 2 aliphatic rings. The van der Waals surface area contributed by atoms with Gasteiger partial charge < -0.3 is 24.8 Å². The van der Waals surface area contributed by atoms with E-state index >= 15 is 0 Å². The summed E-state index contributed by atoms with van der Waals surface area (Å²) in [7, 11) is 0. The molecule has 0 atom stereocenters. The number of nitrogens with zero attached hydrogens (tertiary/aromatic N) is 4. The maximum absolute atomic E-state index is 12.5. The maximum Gasteiger partial charge on any atom is 0.236 e. The molecule has 1 aromatic carbocycles. The normalized spacial score (nSPS) is 17.8. The summed E-state index contributed by atoms with van der Waals surface area (Å²) >= 11 is 0. The number of hydrogen-bond acceptors (Lipinski definition) is 4. The standard InChI is InChI=1S/C24H36N6O2.HI/c1-2-25-24(26-9-5-6-20-18-27-22-8-4-3-7-21(20)22)30-12-10-28(11-13-30)19-23(31)29-14-16-32-17-15-29;/h3-4,7-8,18,27H,2,5-6,9-17,19H2,1H3,(H,25,26);1H. The molecule has 0 aliphatic carbocycles. The fourth-order valence-electron chi connectivity index (χ4n) is 4.44. The average Bonchev–Trinajstić information content (AvgIpc) is 3.25. The molecule has 1 amide bonds. The summed E-state index contributed by atoms with van der Waals surface area (Å²) in [6.45, 7) is 10.6. The van der Waals surface area contributed by atoms with E-state index < -0.39 is 0 Å². The Morgan fingerprint density at radius 1 is 1.09 bits per heavy atom. The molecule has 3 heterocycles. The summed E-state index contributed by atoms with van der Waals surface area (Å²) in [6, 6.07) is 8.45. The Hall–Kier alpha value is -1.85. The fraction of sp³-hybridized carbons (Fsp3) is 0.583. The highest BCUT2D eigenvalue weighted by Crippen LogP contribution is 2.19. The second-order valence-electron chi connectivity index (χ2n) is 8.46. The molecule has 9 heteroatoms. The highest BCUT2D eigenvalue weighted by atomic mass is 127. The van der Waals surface area contributed by atoms with E-state index in [0.29, 0.717) is 32.8 Å². The Bertz CT molecular complexity index is 903. The number of carbonyl (C=O) groups is 1. The van der Waals surface area contributed by atoms with Crippen molar-refractivity contribution < 1.29 is 9.53 Å². The van der Waals surface area contributed by atoms with Crippen LogP contribution in [-0.4, -0.2) is 104 Å². The lowest BCUT2D eigenvalue weighted by Gasteiger charge is -2.37. The van der Waals surface area contributed by atoms with Gasteiger partial charge in [0.15, 0.2) is 5.96 Å². The molecule has 1 aromatic heterocycles. The van der Waals surface area contributed by atoms with Gasteiger partial charge in [-0.05, 0) is 31.4 Å². The molecular formula is C24H37IN6O2. The minimum absolute atomic E-state index is 0. The Labute approximate surface area is 213 Å². The number of halogens is 1. The van der Waals surface area contributed by atoms with Crippen molar-refractivity contribution >= 4 is 46.7 Å². The maximum atomic E-state index is 12.5. The van der Waals surface area contributed by atoms with Crippen LogP contribution in [0.4, 0.5) is 0 Å². The van der Waals surface area contributed by atoms with Crippen molar-refractivity contribution in [2.75, 3.05) is 72.1 Å². The molecule has 0 unspecified atom stereocenters. The summed E-state index contributed by atoms with van der Waals surface area (Å²) in [5.74, 6) is 1.21. The van der Waals surface area contributed by atoms with E-state index in [1.807, 2.05) is 4.90 Å². The first-order valence-electron chi connectivity index (χ1n) is 11.9. The number of aromatic amines is 1. The number of nitrogens with one attached hydrogen (secondary N) is 2. The number of morpholine rings is 1. The van der Waals surface area contributed by atoms with Crippen LogP contribution in [0, 0.1) is 0 Å². The van der Waals surface area contributed by atoms with E-state index in [-0.39, 0.29) is 29.9 Å². The van der Waals surface area contributed by atoms with Crippen LogP contribution >= 0.6 is 24.0 Å². The van der Waals surface area contributed by atoms with E-state index in [4.69, 9.17) is 9.73 Å². The third kappa shape index (κ3) is 7.07. The van der Waals surface area contributed by atoms with Crippen molar-refractivity contribution in [3.63, 3.8) is 0 Å². The quantitative estimate of drug-likeness (QED) is 0.232. The highest BCUT2D eigenvalue weighted by molar-refractivity contribution is 14.0. The molecule has 0 radical (unpaired) electrons. The van der Waals surface area contributed by atoms with Crippen molar-refractivity contribution in [1.29, 1.82) is 0 Å². The van der Waals surface area contributed by atoms with Gasteiger partial charge in [0, 0.05) is 69.5 Å². The number of aromatic nitrogens is 1. The van der Waals surface area contributed by atoms with Crippen LogP contribution in [-0.2, 0) is 16.0 Å². The molecular weight excluding hydrogens is 531 g/mol. The fourth-order valence-corrected chi connectivity index (χ4v) is 4.44. The van der Waals surface area contributed by atoms with Gasteiger partial charge in [0.2, 0.25) is 5.91 Å². The van der Waals surface area contributed by atoms with Crippen molar-refractivity contribution in [1.82, 2.24) is 25.0 Å². The summed E-state index contributed by atoms with van der Waals surface area (Å²) in [4.78, 5) is 27.3. The predicted octanol–water partition coefficient (Wildman–Crippen LogP) is 2.16. The number of rotatable bonds is 7. The van der Waals surface area contributed by atoms with E-state index in [1.165, 1.54) is 16.5 Å². The van der Waals surface area contributed by atoms with Crippen molar-refractivity contribution in [2.45, 2.75) is 19.8 Å². The molecule has 2 aliphatic heterocycles. The molecule has 4 rings (SSSR count). The topological polar surface area (TPSA) is 76.2 Å². The van der Waals surface area contributed by atoms with Crippen molar-refractivity contribution in [3.8, 4) is 0 Å². The molecule has 2 saturated heterocycles. The largest absolute Gasteiger partial charge is 0.378 e. The number of H-pyrrole nitrogens is 1. The smallest absolute Gasteiger partial charge is 0.236 e. The molecule has 0 bridgehead atoms. The number of aryl methyl sites for hydroxylation is 1. The lowest BCUT2D eigenvalue weighted by Crippen LogP contribution is -2.54. The van der Waals surface area contributed by atoms with Gasteiger partial charge in [0.05, 0.1) is 19.8 Å². The van der Waals surface area contributed by atoms with Crippen LogP contribution in [0.25, 0.3) is 10.9 Å². The Kier molecular flexibility index (Phi) is 10.3. The number of benzene rings is 1. The number of aliphatic imine (C=N–C) groups is 1. The molecule has 182 valence electrons. The lowest BCUT2D eigenvalue weighted by atomic mass is 10.1. The summed E-state index contributed by atoms with van der Waals surface area (Å²) in [5, 5.41) is 4.76. The van der Waals surface area contributed by atoms with Crippen LogP contribution in [0.3, 0.4) is 0 Å². The molecule has 0 spiro atoms. The average molecular weight is 569 g/mol. The number of hydrogen-bond donors (Lipinski definition) is 2. The number of amides is 1. The molecule has 8 nitrogen and oxygen atoms in total. The summed E-state index contributed by atoms with van der Waals surface area (Å²) < 4.78 is 5.35. The first kappa shape index (κ1) is 25.8. The zero-order valence-corrected chi connectivity index (χ0v) is 21.9. The van der Waals surface area contributed by atoms with Crippen LogP contribution in [0.5, 0.6) is 0 Å². The lowest BCUT2D eigenvalue weighted by molar-refractivity contribution is -0.136. The molecule has 2 aromatic rings. The monoisotopic (exact) mass is 568 g/mol. The van der Waals surface area contributed by atoms with E-state index in [0.717, 1.165) is 58.1 Å². The number of ether oxygens (including phenoxy) is 1. The summed E-state index contributed by atoms with van der Waals surface area (Å²) in [5.41, 5.74) is 2.56. The zero-order valence-electron chi connectivity index (χ0n) is 19.6. The van der Waals surface area contributed by atoms with Gasteiger partial charge in [0.1, 0.15) is 0 Å². The van der Waals surface area contributed by atoms with Crippen LogP contribution in [0.2, 0.25) is 0 Å². The Morgan fingerprint density at radius 2 is 1.85 bits per heavy atom. The summed E-state index contributed by atoms with van der Waals surface area (Å²) in [6.07, 6.45) is 4.16. The number of carbonyl (C=O) groups excluding carboxylic acids is 1. The molecule has 0 saturated carbocycles. The van der Waals surface area contributed by atoms with Crippen molar-refractivity contribution in [3.05, 3.63) is 36.0 Å². The second kappa shape index (κ2) is 13.1. The number of fused-ring (bicyclic) bond motifs is 1. The van der Waals surface area contributed by atoms with Crippen LogP contribution < -0.4 is 5.32 Å². The predicted molar refractivity (Wildman–Crippen MR) is 143 cm³/mol. The third-order valence-electron chi connectivity index (χ3n) is 6.27. The SMILES string of the molecule is CCNC(=NCCCc1c[nH]c2ccccc12)N1CCN(CC(=O)N2CCOCC2)CC1.I.